The summed E-state index contributed by atoms with van der Waals surface area (Å²) in [5.74, 6) is 0.878. The van der Waals surface area contributed by atoms with Gasteiger partial charge in [0.2, 0.25) is 0 Å². The molecule has 0 amide bonds. The van der Waals surface area contributed by atoms with Crippen molar-refractivity contribution in [3.8, 4) is 0 Å². The van der Waals surface area contributed by atoms with Crippen molar-refractivity contribution in [2.75, 3.05) is 31.8 Å². The van der Waals surface area contributed by atoms with Crippen LogP contribution in [-0.4, -0.2) is 36.5 Å². The van der Waals surface area contributed by atoms with Crippen LogP contribution in [0.3, 0.4) is 0 Å². The molecule has 6 heteroatoms. The van der Waals surface area contributed by atoms with Gasteiger partial charge in [-0.1, -0.05) is 6.07 Å². The Hall–Kier alpha value is -1.50. The first-order valence-electron chi connectivity index (χ1n) is 7.39. The maximum Gasteiger partial charge on any atom is 0.174 e. The number of thiocarbonyl (C=S) groups is 1. The normalized spacial score (nSPS) is 12.0. The summed E-state index contributed by atoms with van der Waals surface area (Å²) >= 11 is 7.32. The fraction of sp³-hybridized carbons (Fsp3) is 0.353. The van der Waals surface area contributed by atoms with Crippen molar-refractivity contribution in [1.82, 2.24) is 4.90 Å². The zero-order valence-electron chi connectivity index (χ0n) is 13.6. The average molecular weight is 351 g/mol. The number of nitrogens with one attached hydrogen (secondary N) is 1. The Morgan fingerprint density at radius 2 is 2.22 bits per heavy atom. The van der Waals surface area contributed by atoms with E-state index >= 15 is 0 Å². The summed E-state index contributed by atoms with van der Waals surface area (Å²) in [4.78, 5) is 3.27. The number of methoxy groups -OCH3 is 1. The Morgan fingerprint density at radius 1 is 1.39 bits per heavy atom. The Labute approximate surface area is 147 Å². The van der Waals surface area contributed by atoms with E-state index in [1.54, 1.807) is 25.1 Å². The minimum Gasteiger partial charge on any atom is -0.467 e. The third-order valence-corrected chi connectivity index (χ3v) is 4.60. The molecule has 1 atom stereocenters. The number of ether oxygens (including phenoxy) is 1. The number of benzene rings is 1. The van der Waals surface area contributed by atoms with Crippen LogP contribution in [0.4, 0.5) is 5.69 Å². The lowest BCUT2D eigenvalue weighted by atomic mass is 10.2. The summed E-state index contributed by atoms with van der Waals surface area (Å²) in [6.45, 7) is 3.35. The van der Waals surface area contributed by atoms with Gasteiger partial charge in [-0.15, -0.1) is 11.8 Å². The molecule has 2 rings (SSSR count). The van der Waals surface area contributed by atoms with Gasteiger partial charge in [-0.3, -0.25) is 0 Å². The van der Waals surface area contributed by atoms with Crippen molar-refractivity contribution in [2.45, 2.75) is 17.9 Å². The van der Waals surface area contributed by atoms with Gasteiger partial charge in [0, 0.05) is 24.2 Å². The van der Waals surface area contributed by atoms with Crippen molar-refractivity contribution >= 4 is 34.8 Å². The van der Waals surface area contributed by atoms with E-state index in [1.807, 2.05) is 24.3 Å². The van der Waals surface area contributed by atoms with E-state index in [0.717, 1.165) is 11.4 Å². The number of rotatable bonds is 7. The van der Waals surface area contributed by atoms with E-state index in [9.17, 15) is 0 Å². The first-order chi connectivity index (χ1) is 11.2. The summed E-state index contributed by atoms with van der Waals surface area (Å²) in [5, 5.41) is 3.97. The second-order valence-corrected chi connectivity index (χ2v) is 6.31. The molecule has 0 spiro atoms. The van der Waals surface area contributed by atoms with E-state index in [2.05, 4.69) is 35.5 Å². The molecule has 0 fully saturated rings. The standard InChI is InChI=1S/C17H22N2O2S2/c1-13(16-8-5-10-21-16)19(9-11-20-2)17(22)18-14-6-4-7-15(12-14)23-3/h4-8,10,12-13H,9,11H2,1-3H3,(H,18,22). The highest BCUT2D eigenvalue weighted by atomic mass is 32.2. The smallest absolute Gasteiger partial charge is 0.174 e. The molecule has 2 aromatic rings. The van der Waals surface area contributed by atoms with E-state index in [1.165, 1.54) is 4.90 Å². The van der Waals surface area contributed by atoms with Crippen molar-refractivity contribution < 1.29 is 9.15 Å². The van der Waals surface area contributed by atoms with E-state index in [-0.39, 0.29) is 6.04 Å². The summed E-state index contributed by atoms with van der Waals surface area (Å²) in [7, 11) is 1.69. The molecule has 0 saturated carbocycles. The topological polar surface area (TPSA) is 37.6 Å². The second-order valence-electron chi connectivity index (χ2n) is 5.04. The number of thioether (sulfide) groups is 1. The Kier molecular flexibility index (Phi) is 6.95. The SMILES string of the molecule is COCCN(C(=S)Nc1cccc(SC)c1)C(C)c1ccco1. The van der Waals surface area contributed by atoms with Crippen LogP contribution in [0.5, 0.6) is 0 Å². The zero-order chi connectivity index (χ0) is 16.7. The molecule has 0 radical (unpaired) electrons. The third kappa shape index (κ3) is 4.99. The van der Waals surface area contributed by atoms with Gasteiger partial charge in [-0.2, -0.15) is 0 Å². The monoisotopic (exact) mass is 350 g/mol. The summed E-state index contributed by atoms with van der Waals surface area (Å²) in [6.07, 6.45) is 3.74. The Bertz CT molecular complexity index is 617. The van der Waals surface area contributed by atoms with Gasteiger partial charge in [0.15, 0.2) is 5.11 Å². The van der Waals surface area contributed by atoms with Gasteiger partial charge in [0.1, 0.15) is 5.76 Å². The molecule has 0 aliphatic heterocycles. The molecular formula is C17H22N2O2S2. The molecule has 4 nitrogen and oxygen atoms in total. The van der Waals surface area contributed by atoms with Gasteiger partial charge >= 0.3 is 0 Å². The second kappa shape index (κ2) is 8.96. The molecule has 1 aromatic heterocycles. The van der Waals surface area contributed by atoms with Gasteiger partial charge in [-0.25, -0.2) is 0 Å². The lowest BCUT2D eigenvalue weighted by Gasteiger charge is -2.30. The molecule has 0 saturated heterocycles. The van der Waals surface area contributed by atoms with Crippen molar-refractivity contribution in [1.29, 1.82) is 0 Å². The highest BCUT2D eigenvalue weighted by Crippen LogP contribution is 2.23. The number of hydrogen-bond donors (Lipinski definition) is 1. The predicted octanol–water partition coefficient (Wildman–Crippen LogP) is 4.41. The molecule has 1 unspecified atom stereocenters. The summed E-state index contributed by atoms with van der Waals surface area (Å²) in [6, 6.07) is 12.1. The molecule has 1 heterocycles. The molecule has 1 N–H and O–H groups in total. The van der Waals surface area contributed by atoms with Crippen molar-refractivity contribution in [3.05, 3.63) is 48.4 Å². The molecular weight excluding hydrogens is 328 g/mol. The van der Waals surface area contributed by atoms with E-state index in [0.29, 0.717) is 18.3 Å². The van der Waals surface area contributed by atoms with Gasteiger partial charge in [0.05, 0.1) is 18.9 Å². The molecule has 124 valence electrons. The van der Waals surface area contributed by atoms with Crippen molar-refractivity contribution in [2.24, 2.45) is 0 Å². The van der Waals surface area contributed by atoms with Crippen LogP contribution in [0.25, 0.3) is 0 Å². The van der Waals surface area contributed by atoms with Crippen LogP contribution in [0.15, 0.2) is 52.0 Å². The maximum absolute atomic E-state index is 5.61. The molecule has 23 heavy (non-hydrogen) atoms. The number of anilines is 1. The Morgan fingerprint density at radius 3 is 2.87 bits per heavy atom. The predicted molar refractivity (Wildman–Crippen MR) is 100 cm³/mol. The number of hydrogen-bond acceptors (Lipinski definition) is 4. The first-order valence-corrected chi connectivity index (χ1v) is 9.03. The first kappa shape index (κ1) is 17.8. The van der Waals surface area contributed by atoms with E-state index < -0.39 is 0 Å². The average Bonchev–Trinajstić information content (AvgIpc) is 3.09. The fourth-order valence-electron chi connectivity index (χ4n) is 2.24. The van der Waals surface area contributed by atoms with Crippen LogP contribution in [0.2, 0.25) is 0 Å². The minimum absolute atomic E-state index is 0.0314. The fourth-order valence-corrected chi connectivity index (χ4v) is 3.07. The van der Waals surface area contributed by atoms with Gasteiger partial charge < -0.3 is 19.4 Å². The third-order valence-electron chi connectivity index (χ3n) is 3.54. The summed E-state index contributed by atoms with van der Waals surface area (Å²) < 4.78 is 10.7. The van der Waals surface area contributed by atoms with Crippen LogP contribution in [0.1, 0.15) is 18.7 Å². The number of furan rings is 1. The lowest BCUT2D eigenvalue weighted by Crippen LogP contribution is -2.39. The minimum atomic E-state index is 0.0314. The van der Waals surface area contributed by atoms with Crippen LogP contribution in [0, 0.1) is 0 Å². The zero-order valence-corrected chi connectivity index (χ0v) is 15.2. The van der Waals surface area contributed by atoms with Gasteiger partial charge in [0.25, 0.3) is 0 Å². The lowest BCUT2D eigenvalue weighted by molar-refractivity contribution is 0.160. The van der Waals surface area contributed by atoms with Crippen LogP contribution in [-0.2, 0) is 4.74 Å². The van der Waals surface area contributed by atoms with Crippen LogP contribution >= 0.6 is 24.0 Å². The Balaban J connectivity index is 2.12. The van der Waals surface area contributed by atoms with Crippen LogP contribution < -0.4 is 5.32 Å². The maximum atomic E-state index is 5.61. The van der Waals surface area contributed by atoms with E-state index in [4.69, 9.17) is 21.4 Å². The summed E-state index contributed by atoms with van der Waals surface area (Å²) in [5.41, 5.74) is 0.982. The highest BCUT2D eigenvalue weighted by molar-refractivity contribution is 7.98. The largest absolute Gasteiger partial charge is 0.467 e. The highest BCUT2D eigenvalue weighted by Gasteiger charge is 2.20. The number of nitrogens with zero attached hydrogens (tertiary/aromatic N) is 1. The quantitative estimate of drug-likeness (QED) is 0.589. The van der Waals surface area contributed by atoms with Gasteiger partial charge in [-0.05, 0) is 55.7 Å². The molecule has 0 aliphatic carbocycles. The van der Waals surface area contributed by atoms with Crippen molar-refractivity contribution in [3.63, 3.8) is 0 Å². The molecule has 0 bridgehead atoms. The molecule has 0 aliphatic rings. The molecule has 1 aromatic carbocycles.